The predicted molar refractivity (Wildman–Crippen MR) is 67.1 cm³/mol. The Morgan fingerprint density at radius 2 is 2.18 bits per heavy atom. The van der Waals surface area contributed by atoms with Gasteiger partial charge in [0.1, 0.15) is 0 Å². The zero-order chi connectivity index (χ0) is 12.9. The first-order chi connectivity index (χ1) is 7.95. The molecule has 0 aromatic rings. The van der Waals surface area contributed by atoms with E-state index >= 15 is 0 Å². The summed E-state index contributed by atoms with van der Waals surface area (Å²) in [7, 11) is 1.77. The van der Waals surface area contributed by atoms with Crippen LogP contribution in [0.3, 0.4) is 0 Å². The van der Waals surface area contributed by atoms with Crippen LogP contribution >= 0.6 is 0 Å². The van der Waals surface area contributed by atoms with Crippen molar-refractivity contribution in [3.05, 3.63) is 0 Å². The molecule has 1 unspecified atom stereocenters. The zero-order valence-corrected chi connectivity index (χ0v) is 11.2. The van der Waals surface area contributed by atoms with Crippen LogP contribution in [-0.2, 0) is 9.53 Å². The van der Waals surface area contributed by atoms with Gasteiger partial charge in [0, 0.05) is 20.2 Å². The molecule has 1 heterocycles. The summed E-state index contributed by atoms with van der Waals surface area (Å²) in [4.78, 5) is 13.3. The van der Waals surface area contributed by atoms with Crippen LogP contribution in [0.15, 0.2) is 0 Å². The van der Waals surface area contributed by atoms with Crippen LogP contribution in [0.2, 0.25) is 0 Å². The molecular weight excluding hydrogens is 218 g/mol. The van der Waals surface area contributed by atoms with Gasteiger partial charge in [-0.3, -0.25) is 4.79 Å². The average molecular weight is 243 g/mol. The van der Waals surface area contributed by atoms with Crippen molar-refractivity contribution < 1.29 is 14.6 Å². The highest BCUT2D eigenvalue weighted by Gasteiger charge is 2.26. The minimum absolute atomic E-state index is 0.394. The molecule has 4 nitrogen and oxygen atoms in total. The van der Waals surface area contributed by atoms with Gasteiger partial charge in [-0.15, -0.1) is 0 Å². The molecule has 0 spiro atoms. The number of rotatable bonds is 7. The molecule has 100 valence electrons. The monoisotopic (exact) mass is 243 g/mol. The summed E-state index contributed by atoms with van der Waals surface area (Å²) in [5, 5.41) is 8.99. The molecule has 0 aromatic carbocycles. The quantitative estimate of drug-likeness (QED) is 0.695. The van der Waals surface area contributed by atoms with Crippen molar-refractivity contribution in [1.29, 1.82) is 0 Å². The number of hydrogen-bond donors (Lipinski definition) is 1. The summed E-state index contributed by atoms with van der Waals surface area (Å²) >= 11 is 0. The van der Waals surface area contributed by atoms with Crippen LogP contribution in [0.5, 0.6) is 0 Å². The van der Waals surface area contributed by atoms with E-state index in [1.165, 1.54) is 0 Å². The number of aliphatic carboxylic acids is 1. The molecule has 1 rings (SSSR count). The van der Waals surface area contributed by atoms with Gasteiger partial charge in [-0.25, -0.2) is 0 Å². The van der Waals surface area contributed by atoms with Crippen molar-refractivity contribution in [3.63, 3.8) is 0 Å². The molecule has 1 aliphatic rings. The maximum Gasteiger partial charge on any atom is 0.309 e. The highest BCUT2D eigenvalue weighted by Crippen LogP contribution is 2.23. The molecule has 0 aromatic heterocycles. The van der Waals surface area contributed by atoms with E-state index in [2.05, 4.69) is 4.90 Å². The lowest BCUT2D eigenvalue weighted by Crippen LogP contribution is -2.26. The van der Waals surface area contributed by atoms with Crippen LogP contribution < -0.4 is 0 Å². The van der Waals surface area contributed by atoms with Crippen molar-refractivity contribution in [3.8, 4) is 0 Å². The molecule has 0 amide bonds. The lowest BCUT2D eigenvalue weighted by molar-refractivity contribution is -0.147. The van der Waals surface area contributed by atoms with E-state index in [0.29, 0.717) is 6.10 Å². The third-order valence-electron chi connectivity index (χ3n) is 3.67. The third kappa shape index (κ3) is 4.64. The molecule has 1 N–H and O–H groups in total. The first-order valence-corrected chi connectivity index (χ1v) is 6.44. The predicted octanol–water partition coefficient (Wildman–Crippen LogP) is 1.99. The van der Waals surface area contributed by atoms with Crippen LogP contribution in [0.1, 0.15) is 39.5 Å². The second-order valence-corrected chi connectivity index (χ2v) is 5.59. The number of ether oxygens (including phenoxy) is 1. The number of methoxy groups -OCH3 is 1. The molecule has 17 heavy (non-hydrogen) atoms. The van der Waals surface area contributed by atoms with Crippen molar-refractivity contribution in [1.82, 2.24) is 4.90 Å². The number of likely N-dealkylation sites (tertiary alicyclic amines) is 1. The Kier molecular flexibility index (Phi) is 5.40. The van der Waals surface area contributed by atoms with Crippen LogP contribution in [0.25, 0.3) is 0 Å². The molecular formula is C13H25NO3. The summed E-state index contributed by atoms with van der Waals surface area (Å²) < 4.78 is 5.31. The molecule has 1 atom stereocenters. The Balaban J connectivity index is 2.11. The SMILES string of the molecule is COC1CCN(CCCCC(C)(C)C(=O)O)C1. The first-order valence-electron chi connectivity index (χ1n) is 6.44. The fraction of sp³-hybridized carbons (Fsp3) is 0.923. The van der Waals surface area contributed by atoms with Gasteiger partial charge in [0.05, 0.1) is 11.5 Å². The van der Waals surface area contributed by atoms with Gasteiger partial charge in [0.15, 0.2) is 0 Å². The van der Waals surface area contributed by atoms with E-state index in [4.69, 9.17) is 9.84 Å². The molecule has 4 heteroatoms. The molecule has 1 aliphatic heterocycles. The molecule has 0 radical (unpaired) electrons. The summed E-state index contributed by atoms with van der Waals surface area (Å²) in [6.45, 7) is 6.80. The lowest BCUT2D eigenvalue weighted by Gasteiger charge is -2.20. The maximum atomic E-state index is 10.9. The van der Waals surface area contributed by atoms with E-state index in [-0.39, 0.29) is 0 Å². The van der Waals surface area contributed by atoms with Gasteiger partial charge < -0.3 is 14.7 Å². The van der Waals surface area contributed by atoms with Gasteiger partial charge in [-0.1, -0.05) is 6.42 Å². The van der Waals surface area contributed by atoms with E-state index in [9.17, 15) is 4.79 Å². The fourth-order valence-electron chi connectivity index (χ4n) is 2.20. The lowest BCUT2D eigenvalue weighted by atomic mass is 9.87. The minimum atomic E-state index is -0.696. The van der Waals surface area contributed by atoms with Gasteiger partial charge >= 0.3 is 5.97 Å². The maximum absolute atomic E-state index is 10.9. The van der Waals surface area contributed by atoms with Gasteiger partial charge in [-0.2, -0.15) is 0 Å². The number of unbranched alkanes of at least 4 members (excludes halogenated alkanes) is 1. The van der Waals surface area contributed by atoms with E-state index in [1.54, 1.807) is 21.0 Å². The number of hydrogen-bond acceptors (Lipinski definition) is 3. The van der Waals surface area contributed by atoms with Crippen molar-refractivity contribution in [2.45, 2.75) is 45.6 Å². The largest absolute Gasteiger partial charge is 0.481 e. The van der Waals surface area contributed by atoms with Gasteiger partial charge in [0.25, 0.3) is 0 Å². The standard InChI is InChI=1S/C13H25NO3/c1-13(2,12(15)16)7-4-5-8-14-9-6-11(10-14)17-3/h11H,4-10H2,1-3H3,(H,15,16). The second-order valence-electron chi connectivity index (χ2n) is 5.59. The van der Waals surface area contributed by atoms with Crippen LogP contribution in [-0.4, -0.2) is 48.8 Å². The molecule has 0 aliphatic carbocycles. The van der Waals surface area contributed by atoms with Crippen LogP contribution in [0.4, 0.5) is 0 Å². The summed E-state index contributed by atoms with van der Waals surface area (Å²) in [6.07, 6.45) is 4.33. The number of nitrogens with zero attached hydrogens (tertiary/aromatic N) is 1. The third-order valence-corrected chi connectivity index (χ3v) is 3.67. The normalized spacial score (nSPS) is 21.9. The first kappa shape index (κ1) is 14.5. The highest BCUT2D eigenvalue weighted by atomic mass is 16.5. The summed E-state index contributed by atoms with van der Waals surface area (Å²) in [5.74, 6) is -0.696. The van der Waals surface area contributed by atoms with E-state index in [0.717, 1.165) is 45.3 Å². The summed E-state index contributed by atoms with van der Waals surface area (Å²) in [6, 6.07) is 0. The Hall–Kier alpha value is -0.610. The molecule has 1 fully saturated rings. The highest BCUT2D eigenvalue weighted by molar-refractivity contribution is 5.73. The Morgan fingerprint density at radius 1 is 1.47 bits per heavy atom. The van der Waals surface area contributed by atoms with Gasteiger partial charge in [-0.05, 0) is 39.7 Å². The molecule has 0 saturated carbocycles. The van der Waals surface area contributed by atoms with Crippen LogP contribution in [0, 0.1) is 5.41 Å². The van der Waals surface area contributed by atoms with Crippen molar-refractivity contribution in [2.24, 2.45) is 5.41 Å². The Morgan fingerprint density at radius 3 is 2.71 bits per heavy atom. The number of carbonyl (C=O) groups is 1. The van der Waals surface area contributed by atoms with Crippen molar-refractivity contribution in [2.75, 3.05) is 26.7 Å². The zero-order valence-electron chi connectivity index (χ0n) is 11.2. The number of carboxylic acid groups (broad SMARTS) is 1. The average Bonchev–Trinajstić information content (AvgIpc) is 2.72. The van der Waals surface area contributed by atoms with E-state index < -0.39 is 11.4 Å². The van der Waals surface area contributed by atoms with Gasteiger partial charge in [0.2, 0.25) is 0 Å². The Labute approximate surface area is 104 Å². The second kappa shape index (κ2) is 6.36. The molecule has 0 bridgehead atoms. The number of carboxylic acids is 1. The van der Waals surface area contributed by atoms with Crippen molar-refractivity contribution >= 4 is 5.97 Å². The minimum Gasteiger partial charge on any atom is -0.481 e. The van der Waals surface area contributed by atoms with E-state index in [1.807, 2.05) is 0 Å². The Bertz CT molecular complexity index is 253. The summed E-state index contributed by atoms with van der Waals surface area (Å²) in [5.41, 5.74) is -0.583. The molecule has 1 saturated heterocycles. The topological polar surface area (TPSA) is 49.8 Å². The fourth-order valence-corrected chi connectivity index (χ4v) is 2.20. The smallest absolute Gasteiger partial charge is 0.309 e.